The number of carbonyl (C=O) groups is 1. The fraction of sp³-hybridized carbons (Fsp3) is 0.308. The Kier molecular flexibility index (Phi) is 3.63. The van der Waals surface area contributed by atoms with Crippen molar-refractivity contribution in [3.05, 3.63) is 47.5 Å². The van der Waals surface area contributed by atoms with Gasteiger partial charge in [0.15, 0.2) is 5.78 Å². The van der Waals surface area contributed by atoms with Gasteiger partial charge in [0.25, 0.3) is 0 Å². The molecule has 0 atom stereocenters. The van der Waals surface area contributed by atoms with Gasteiger partial charge in [0.05, 0.1) is 0 Å². The molecule has 1 aromatic rings. The van der Waals surface area contributed by atoms with E-state index in [2.05, 4.69) is 26.5 Å². The van der Waals surface area contributed by atoms with Crippen LogP contribution in [0.4, 0.5) is 0 Å². The number of ketones is 1. The third-order valence-electron chi connectivity index (χ3n) is 2.41. The summed E-state index contributed by atoms with van der Waals surface area (Å²) in [6, 6.07) is 6.09. The zero-order valence-electron chi connectivity index (χ0n) is 8.84. The van der Waals surface area contributed by atoms with Gasteiger partial charge in [0, 0.05) is 5.56 Å². The van der Waals surface area contributed by atoms with Crippen LogP contribution in [-0.2, 0) is 12.8 Å². The van der Waals surface area contributed by atoms with Gasteiger partial charge >= 0.3 is 0 Å². The van der Waals surface area contributed by atoms with Crippen LogP contribution in [0.3, 0.4) is 0 Å². The summed E-state index contributed by atoms with van der Waals surface area (Å²) in [5.74, 6) is 0.0251. The Morgan fingerprint density at radius 1 is 1.36 bits per heavy atom. The highest BCUT2D eigenvalue weighted by molar-refractivity contribution is 6.05. The van der Waals surface area contributed by atoms with Crippen molar-refractivity contribution in [2.45, 2.75) is 26.7 Å². The molecule has 0 unspecified atom stereocenters. The topological polar surface area (TPSA) is 17.1 Å². The van der Waals surface area contributed by atoms with Gasteiger partial charge in [-0.3, -0.25) is 4.79 Å². The highest BCUT2D eigenvalue weighted by Gasteiger charge is 2.07. The molecular formula is C13H16O. The number of rotatable bonds is 4. The van der Waals surface area contributed by atoms with E-state index < -0.39 is 0 Å². The van der Waals surface area contributed by atoms with Crippen LogP contribution in [-0.4, -0.2) is 5.78 Å². The van der Waals surface area contributed by atoms with Crippen LogP contribution in [0.1, 0.15) is 35.3 Å². The first-order valence-corrected chi connectivity index (χ1v) is 5.01. The van der Waals surface area contributed by atoms with Crippen molar-refractivity contribution in [2.75, 3.05) is 0 Å². The molecule has 0 spiro atoms. The fourth-order valence-electron chi connectivity index (χ4n) is 1.49. The standard InChI is InChI=1S/C13H16O/c1-4-10-7-8-11(5-2)12(9-10)13(14)6-3/h6-9H,3-5H2,1-2H3. The number of aryl methyl sites for hydroxylation is 2. The monoisotopic (exact) mass is 188 g/mol. The van der Waals surface area contributed by atoms with E-state index in [1.165, 1.54) is 11.6 Å². The van der Waals surface area contributed by atoms with Crippen LogP contribution in [0.25, 0.3) is 0 Å². The molecule has 0 aliphatic carbocycles. The molecule has 0 fully saturated rings. The minimum absolute atomic E-state index is 0.0251. The predicted molar refractivity (Wildman–Crippen MR) is 59.7 cm³/mol. The van der Waals surface area contributed by atoms with Gasteiger partial charge in [-0.25, -0.2) is 0 Å². The summed E-state index contributed by atoms with van der Waals surface area (Å²) in [5.41, 5.74) is 3.11. The minimum Gasteiger partial charge on any atom is -0.289 e. The second-order valence-corrected chi connectivity index (χ2v) is 3.27. The van der Waals surface area contributed by atoms with Crippen molar-refractivity contribution < 1.29 is 4.79 Å². The van der Waals surface area contributed by atoms with Gasteiger partial charge in [-0.2, -0.15) is 0 Å². The second kappa shape index (κ2) is 4.75. The molecule has 1 aromatic carbocycles. The van der Waals surface area contributed by atoms with Gasteiger partial charge in [0.2, 0.25) is 0 Å². The predicted octanol–water partition coefficient (Wildman–Crippen LogP) is 3.18. The summed E-state index contributed by atoms with van der Waals surface area (Å²) in [7, 11) is 0. The quantitative estimate of drug-likeness (QED) is 0.524. The maximum absolute atomic E-state index is 11.5. The van der Waals surface area contributed by atoms with Crippen LogP contribution >= 0.6 is 0 Å². The lowest BCUT2D eigenvalue weighted by atomic mass is 9.98. The molecule has 0 aliphatic rings. The summed E-state index contributed by atoms with van der Waals surface area (Å²) in [5, 5.41) is 0. The van der Waals surface area contributed by atoms with Crippen molar-refractivity contribution in [2.24, 2.45) is 0 Å². The minimum atomic E-state index is 0.0251. The lowest BCUT2D eigenvalue weighted by Gasteiger charge is -2.06. The van der Waals surface area contributed by atoms with Gasteiger partial charge < -0.3 is 0 Å². The van der Waals surface area contributed by atoms with Crippen molar-refractivity contribution in [1.82, 2.24) is 0 Å². The molecule has 0 aromatic heterocycles. The number of hydrogen-bond donors (Lipinski definition) is 0. The second-order valence-electron chi connectivity index (χ2n) is 3.27. The molecule has 0 heterocycles. The van der Waals surface area contributed by atoms with Crippen LogP contribution < -0.4 is 0 Å². The van der Waals surface area contributed by atoms with E-state index in [4.69, 9.17) is 0 Å². The fourth-order valence-corrected chi connectivity index (χ4v) is 1.49. The smallest absolute Gasteiger partial charge is 0.185 e. The molecule has 0 aliphatic heterocycles. The molecule has 14 heavy (non-hydrogen) atoms. The zero-order chi connectivity index (χ0) is 10.6. The van der Waals surface area contributed by atoms with Gasteiger partial charge in [-0.05, 0) is 36.1 Å². The third-order valence-corrected chi connectivity index (χ3v) is 2.41. The first kappa shape index (κ1) is 10.7. The molecular weight excluding hydrogens is 172 g/mol. The average Bonchev–Trinajstić information content (AvgIpc) is 2.27. The molecule has 0 radical (unpaired) electrons. The van der Waals surface area contributed by atoms with Crippen molar-refractivity contribution in [3.8, 4) is 0 Å². The SMILES string of the molecule is C=CC(=O)c1cc(CC)ccc1CC. The highest BCUT2D eigenvalue weighted by Crippen LogP contribution is 2.14. The van der Waals surface area contributed by atoms with Gasteiger partial charge in [-0.15, -0.1) is 0 Å². The first-order chi connectivity index (χ1) is 6.72. The Labute approximate surface area is 85.5 Å². The van der Waals surface area contributed by atoms with Crippen molar-refractivity contribution >= 4 is 5.78 Å². The Balaban J connectivity index is 3.21. The largest absolute Gasteiger partial charge is 0.289 e. The Hall–Kier alpha value is -1.37. The Morgan fingerprint density at radius 3 is 2.57 bits per heavy atom. The number of benzene rings is 1. The van der Waals surface area contributed by atoms with Crippen LogP contribution in [0, 0.1) is 0 Å². The molecule has 0 saturated carbocycles. The van der Waals surface area contributed by atoms with Crippen molar-refractivity contribution in [1.29, 1.82) is 0 Å². The maximum Gasteiger partial charge on any atom is 0.185 e. The van der Waals surface area contributed by atoms with Crippen molar-refractivity contribution in [3.63, 3.8) is 0 Å². The summed E-state index contributed by atoms with van der Waals surface area (Å²) in [6.07, 6.45) is 3.23. The molecule has 0 saturated heterocycles. The van der Waals surface area contributed by atoms with E-state index in [1.54, 1.807) is 0 Å². The molecule has 1 rings (SSSR count). The van der Waals surface area contributed by atoms with Gasteiger partial charge in [0.1, 0.15) is 0 Å². The summed E-state index contributed by atoms with van der Waals surface area (Å²) >= 11 is 0. The van der Waals surface area contributed by atoms with E-state index in [1.807, 2.05) is 12.1 Å². The summed E-state index contributed by atoms with van der Waals surface area (Å²) in [6.45, 7) is 7.66. The molecule has 1 heteroatoms. The normalized spacial score (nSPS) is 9.86. The average molecular weight is 188 g/mol. The molecule has 0 bridgehead atoms. The highest BCUT2D eigenvalue weighted by atomic mass is 16.1. The Bertz CT molecular complexity index is 350. The lowest BCUT2D eigenvalue weighted by molar-refractivity contribution is 0.104. The number of carbonyl (C=O) groups excluding carboxylic acids is 1. The molecule has 1 nitrogen and oxygen atoms in total. The van der Waals surface area contributed by atoms with E-state index >= 15 is 0 Å². The van der Waals surface area contributed by atoms with Crippen LogP contribution in [0.2, 0.25) is 0 Å². The van der Waals surface area contributed by atoms with E-state index in [0.717, 1.165) is 24.0 Å². The lowest BCUT2D eigenvalue weighted by Crippen LogP contribution is -2.01. The number of hydrogen-bond acceptors (Lipinski definition) is 1. The third kappa shape index (κ3) is 2.11. The summed E-state index contributed by atoms with van der Waals surface area (Å²) in [4.78, 5) is 11.5. The maximum atomic E-state index is 11.5. The molecule has 0 amide bonds. The Morgan fingerprint density at radius 2 is 2.07 bits per heavy atom. The van der Waals surface area contributed by atoms with Crippen LogP contribution in [0.5, 0.6) is 0 Å². The van der Waals surface area contributed by atoms with E-state index in [0.29, 0.717) is 0 Å². The van der Waals surface area contributed by atoms with Gasteiger partial charge in [-0.1, -0.05) is 32.6 Å². The molecule has 0 N–H and O–H groups in total. The number of allylic oxidation sites excluding steroid dienone is 1. The van der Waals surface area contributed by atoms with Crippen LogP contribution in [0.15, 0.2) is 30.9 Å². The van der Waals surface area contributed by atoms with E-state index in [-0.39, 0.29) is 5.78 Å². The summed E-state index contributed by atoms with van der Waals surface area (Å²) < 4.78 is 0. The zero-order valence-corrected chi connectivity index (χ0v) is 8.84. The first-order valence-electron chi connectivity index (χ1n) is 5.01. The van der Waals surface area contributed by atoms with E-state index in [9.17, 15) is 4.79 Å². The molecule has 74 valence electrons.